The van der Waals surface area contributed by atoms with Crippen molar-refractivity contribution in [3.63, 3.8) is 0 Å². The van der Waals surface area contributed by atoms with Gasteiger partial charge in [0.25, 0.3) is 0 Å². The zero-order valence-corrected chi connectivity index (χ0v) is 11.0. The van der Waals surface area contributed by atoms with Crippen molar-refractivity contribution in [2.45, 2.75) is 43.9 Å². The van der Waals surface area contributed by atoms with Gasteiger partial charge in [-0.3, -0.25) is 0 Å². The van der Waals surface area contributed by atoms with E-state index in [1.54, 1.807) is 11.3 Å². The van der Waals surface area contributed by atoms with E-state index in [4.69, 9.17) is 9.84 Å². The Balaban J connectivity index is 1.71. The van der Waals surface area contributed by atoms with Crippen LogP contribution in [0.2, 0.25) is 0 Å². The summed E-state index contributed by atoms with van der Waals surface area (Å²) < 4.78 is 7.42. The van der Waals surface area contributed by atoms with Crippen molar-refractivity contribution in [1.29, 1.82) is 0 Å². The zero-order chi connectivity index (χ0) is 11.9. The Morgan fingerprint density at radius 3 is 2.78 bits per heavy atom. The summed E-state index contributed by atoms with van der Waals surface area (Å²) in [5, 5.41) is 14.5. The van der Waals surface area contributed by atoms with Gasteiger partial charge in [0, 0.05) is 18.4 Å². The van der Waals surface area contributed by atoms with Crippen LogP contribution in [0, 0.1) is 0 Å². The van der Waals surface area contributed by atoms with Crippen molar-refractivity contribution in [3.8, 4) is 0 Å². The Kier molecular flexibility index (Phi) is 2.58. The minimum Gasteiger partial charge on any atom is -0.381 e. The number of aromatic nitrogens is 4. The first-order valence-electron chi connectivity index (χ1n) is 6.71. The van der Waals surface area contributed by atoms with E-state index in [1.165, 1.54) is 25.7 Å². The van der Waals surface area contributed by atoms with Crippen LogP contribution in [0.1, 0.15) is 54.8 Å². The Morgan fingerprint density at radius 2 is 2.00 bits per heavy atom. The van der Waals surface area contributed by atoms with E-state index in [-0.39, 0.29) is 0 Å². The molecular formula is C12H16N4OS. The summed E-state index contributed by atoms with van der Waals surface area (Å²) in [6, 6.07) is 0. The molecule has 1 aliphatic carbocycles. The van der Waals surface area contributed by atoms with Crippen molar-refractivity contribution in [2.24, 2.45) is 0 Å². The molecule has 4 rings (SSSR count). The van der Waals surface area contributed by atoms with Crippen LogP contribution < -0.4 is 0 Å². The first-order chi connectivity index (χ1) is 8.92. The van der Waals surface area contributed by atoms with E-state index in [0.29, 0.717) is 11.8 Å². The molecule has 2 aromatic heterocycles. The van der Waals surface area contributed by atoms with Crippen LogP contribution in [-0.2, 0) is 4.74 Å². The number of nitrogens with zero attached hydrogens (tertiary/aromatic N) is 4. The minimum atomic E-state index is 0.466. The maximum Gasteiger partial charge on any atom is 0.234 e. The standard InChI is InChI=1S/C12H16N4OS/c1-2-4-8(3-1)10-13-14-12-16(10)15-11(18-12)9-5-6-17-7-9/h8-9H,1-7H2/t9-/m1/s1. The van der Waals surface area contributed by atoms with E-state index in [1.807, 2.05) is 4.52 Å². The molecule has 1 saturated carbocycles. The molecule has 2 fully saturated rings. The third-order valence-electron chi connectivity index (χ3n) is 4.03. The lowest BCUT2D eigenvalue weighted by atomic mass is 10.1. The van der Waals surface area contributed by atoms with Crippen LogP contribution in [0.3, 0.4) is 0 Å². The summed E-state index contributed by atoms with van der Waals surface area (Å²) in [4.78, 5) is 0.943. The van der Waals surface area contributed by atoms with Crippen molar-refractivity contribution in [2.75, 3.05) is 13.2 Å². The fourth-order valence-corrected chi connectivity index (χ4v) is 3.94. The van der Waals surface area contributed by atoms with Gasteiger partial charge in [0.1, 0.15) is 5.01 Å². The normalized spacial score (nSPS) is 25.4. The Morgan fingerprint density at radius 1 is 1.11 bits per heavy atom. The molecule has 6 heteroatoms. The summed E-state index contributed by atoms with van der Waals surface area (Å²) in [7, 11) is 0. The van der Waals surface area contributed by atoms with Gasteiger partial charge in [-0.15, -0.1) is 10.2 Å². The quantitative estimate of drug-likeness (QED) is 0.835. The van der Waals surface area contributed by atoms with E-state index < -0.39 is 0 Å². The first-order valence-corrected chi connectivity index (χ1v) is 7.53. The van der Waals surface area contributed by atoms with Crippen LogP contribution in [0.25, 0.3) is 4.96 Å². The Hall–Kier alpha value is -1.01. The second-order valence-electron chi connectivity index (χ2n) is 5.23. The number of hydrogen-bond donors (Lipinski definition) is 0. The topological polar surface area (TPSA) is 52.3 Å². The van der Waals surface area contributed by atoms with E-state index in [0.717, 1.165) is 35.4 Å². The maximum absolute atomic E-state index is 5.44. The highest BCUT2D eigenvalue weighted by Gasteiger charge is 2.27. The van der Waals surface area contributed by atoms with Gasteiger partial charge in [0.2, 0.25) is 4.96 Å². The number of ether oxygens (including phenoxy) is 1. The SMILES string of the molecule is C1CCC(c2nnc3sc([C@@H]4CCOC4)nn23)C1. The van der Waals surface area contributed by atoms with Gasteiger partial charge in [-0.2, -0.15) is 9.61 Å². The van der Waals surface area contributed by atoms with Gasteiger partial charge in [-0.1, -0.05) is 24.2 Å². The fraction of sp³-hybridized carbons (Fsp3) is 0.750. The molecular weight excluding hydrogens is 248 g/mol. The third-order valence-corrected chi connectivity index (χ3v) is 5.09. The van der Waals surface area contributed by atoms with Crippen LogP contribution in [0.5, 0.6) is 0 Å². The first kappa shape index (κ1) is 10.9. The van der Waals surface area contributed by atoms with Gasteiger partial charge in [0.15, 0.2) is 5.82 Å². The molecule has 0 unspecified atom stereocenters. The molecule has 96 valence electrons. The predicted molar refractivity (Wildman–Crippen MR) is 68.0 cm³/mol. The van der Waals surface area contributed by atoms with Gasteiger partial charge in [-0.25, -0.2) is 0 Å². The summed E-state index contributed by atoms with van der Waals surface area (Å²) >= 11 is 1.67. The average Bonchev–Trinajstić information content (AvgIpc) is 3.13. The van der Waals surface area contributed by atoms with Crippen LogP contribution >= 0.6 is 11.3 Å². The van der Waals surface area contributed by atoms with Crippen molar-refractivity contribution in [3.05, 3.63) is 10.8 Å². The predicted octanol–water partition coefficient (Wildman–Crippen LogP) is 2.35. The molecule has 0 bridgehead atoms. The largest absolute Gasteiger partial charge is 0.381 e. The van der Waals surface area contributed by atoms with Crippen molar-refractivity contribution < 1.29 is 4.74 Å². The van der Waals surface area contributed by atoms with Crippen LogP contribution in [0.15, 0.2) is 0 Å². The van der Waals surface area contributed by atoms with Crippen molar-refractivity contribution >= 4 is 16.3 Å². The smallest absolute Gasteiger partial charge is 0.234 e. The minimum absolute atomic E-state index is 0.466. The number of fused-ring (bicyclic) bond motifs is 1. The lowest BCUT2D eigenvalue weighted by Crippen LogP contribution is -2.03. The molecule has 0 radical (unpaired) electrons. The molecule has 18 heavy (non-hydrogen) atoms. The molecule has 2 aliphatic rings. The summed E-state index contributed by atoms with van der Waals surface area (Å²) in [6.45, 7) is 1.67. The van der Waals surface area contributed by atoms with E-state index >= 15 is 0 Å². The second kappa shape index (κ2) is 4.28. The second-order valence-corrected chi connectivity index (χ2v) is 6.22. The van der Waals surface area contributed by atoms with Gasteiger partial charge < -0.3 is 4.74 Å². The highest BCUT2D eigenvalue weighted by Crippen LogP contribution is 2.35. The lowest BCUT2D eigenvalue weighted by molar-refractivity contribution is 0.193. The van der Waals surface area contributed by atoms with Gasteiger partial charge >= 0.3 is 0 Å². The third kappa shape index (κ3) is 1.66. The van der Waals surface area contributed by atoms with Crippen molar-refractivity contribution in [1.82, 2.24) is 19.8 Å². The van der Waals surface area contributed by atoms with Gasteiger partial charge in [-0.05, 0) is 19.3 Å². The van der Waals surface area contributed by atoms with Gasteiger partial charge in [0.05, 0.1) is 6.61 Å². The highest BCUT2D eigenvalue weighted by atomic mass is 32.1. The van der Waals surface area contributed by atoms with Crippen LogP contribution in [-0.4, -0.2) is 33.0 Å². The molecule has 2 aromatic rings. The molecule has 1 aliphatic heterocycles. The molecule has 5 nitrogen and oxygen atoms in total. The molecule has 0 N–H and O–H groups in total. The zero-order valence-electron chi connectivity index (χ0n) is 10.2. The summed E-state index contributed by atoms with van der Waals surface area (Å²) in [5.41, 5.74) is 0. The molecule has 0 spiro atoms. The average molecular weight is 264 g/mol. The molecule has 1 atom stereocenters. The highest BCUT2D eigenvalue weighted by molar-refractivity contribution is 7.16. The monoisotopic (exact) mass is 264 g/mol. The summed E-state index contributed by atoms with van der Waals surface area (Å²) in [5.74, 6) is 2.10. The van der Waals surface area contributed by atoms with Crippen LogP contribution in [0.4, 0.5) is 0 Å². The Bertz CT molecular complexity index is 551. The molecule has 0 aromatic carbocycles. The summed E-state index contributed by atoms with van der Waals surface area (Å²) in [6.07, 6.45) is 6.18. The van der Waals surface area contributed by atoms with E-state index in [9.17, 15) is 0 Å². The molecule has 0 amide bonds. The number of rotatable bonds is 2. The number of hydrogen-bond acceptors (Lipinski definition) is 5. The molecule has 3 heterocycles. The Labute approximate surface area is 109 Å². The maximum atomic E-state index is 5.44. The fourth-order valence-electron chi connectivity index (χ4n) is 2.98. The lowest BCUT2D eigenvalue weighted by Gasteiger charge is -2.04. The molecule has 1 saturated heterocycles. The van der Waals surface area contributed by atoms with E-state index in [2.05, 4.69) is 10.2 Å².